The van der Waals surface area contributed by atoms with Crippen molar-refractivity contribution in [3.63, 3.8) is 0 Å². The van der Waals surface area contributed by atoms with Gasteiger partial charge in [-0.3, -0.25) is 0 Å². The molecule has 0 saturated heterocycles. The Morgan fingerprint density at radius 3 is 2.75 bits per heavy atom. The number of nitrogens with zero attached hydrogens (tertiary/aromatic N) is 1. The highest BCUT2D eigenvalue weighted by atomic mass is 127. The largest absolute Gasteiger partial charge is 0.449 e. The molecule has 0 N–H and O–H groups in total. The van der Waals surface area contributed by atoms with Crippen molar-refractivity contribution in [2.75, 3.05) is 0 Å². The molecule has 0 unspecified atom stereocenters. The van der Waals surface area contributed by atoms with Crippen LogP contribution in [-0.4, -0.2) is 4.98 Å². The fraction of sp³-hybridized carbons (Fsp3) is 0.462. The minimum Gasteiger partial charge on any atom is -0.449 e. The van der Waals surface area contributed by atoms with Crippen LogP contribution >= 0.6 is 22.6 Å². The molecule has 0 amide bonds. The molecule has 88 valence electrons. The number of halogens is 1. The van der Waals surface area contributed by atoms with Gasteiger partial charge in [0.15, 0.2) is 5.89 Å². The van der Waals surface area contributed by atoms with Crippen molar-refractivity contribution < 1.29 is 4.42 Å². The predicted molar refractivity (Wildman–Crippen MR) is 76.4 cm³/mol. The summed E-state index contributed by atoms with van der Waals surface area (Å²) in [6.45, 7) is 8.35. The number of oxazole rings is 1. The number of aromatic nitrogens is 1. The molecule has 1 heterocycles. The normalized spacial score (nSPS) is 15.3. The summed E-state index contributed by atoms with van der Waals surface area (Å²) in [5, 5.41) is 0. The summed E-state index contributed by atoms with van der Waals surface area (Å²) in [5.74, 6) is 1.26. The first-order valence-corrected chi connectivity index (χ1v) is 6.49. The quantitative estimate of drug-likeness (QED) is 0.744. The van der Waals surface area contributed by atoms with Crippen molar-refractivity contribution >= 4 is 28.7 Å². The van der Waals surface area contributed by atoms with Gasteiger partial charge in [-0.15, -0.1) is 0 Å². The number of aryl methyl sites for hydroxylation is 1. The van der Waals surface area contributed by atoms with Gasteiger partial charge in [-0.05, 0) is 58.4 Å². The van der Waals surface area contributed by atoms with Crippen molar-refractivity contribution in [2.45, 2.75) is 34.1 Å². The molecule has 0 saturated carbocycles. The van der Waals surface area contributed by atoms with E-state index in [-0.39, 0.29) is 0 Å². The average Bonchev–Trinajstić information content (AvgIpc) is 2.60. The Kier molecular flexibility index (Phi) is 5.25. The van der Waals surface area contributed by atoms with Gasteiger partial charge in [0.25, 0.3) is 0 Å². The summed E-state index contributed by atoms with van der Waals surface area (Å²) in [5.41, 5.74) is 2.25. The molecule has 0 aliphatic carbocycles. The summed E-state index contributed by atoms with van der Waals surface area (Å²) in [4.78, 5) is 4.27. The first-order chi connectivity index (χ1) is 7.49. The third kappa shape index (κ3) is 4.51. The van der Waals surface area contributed by atoms with E-state index in [4.69, 9.17) is 4.42 Å². The second-order valence-electron chi connectivity index (χ2n) is 4.11. The fourth-order valence-electron chi connectivity index (χ4n) is 1.35. The van der Waals surface area contributed by atoms with Crippen molar-refractivity contribution in [1.29, 1.82) is 0 Å². The maximum Gasteiger partial charge on any atom is 0.191 e. The van der Waals surface area contributed by atoms with E-state index >= 15 is 0 Å². The molecular weight excluding hydrogens is 313 g/mol. The van der Waals surface area contributed by atoms with Gasteiger partial charge >= 0.3 is 0 Å². The molecule has 16 heavy (non-hydrogen) atoms. The minimum atomic E-state index is 0.543. The number of allylic oxidation sites excluding steroid dienone is 3. The van der Waals surface area contributed by atoms with Gasteiger partial charge in [0.1, 0.15) is 12.0 Å². The third-order valence-corrected chi connectivity index (χ3v) is 2.98. The SMILES string of the molecule is C/C(I)=C/C[C@H](C)/C(C)=C/c1coc(C)n1. The van der Waals surface area contributed by atoms with Crippen molar-refractivity contribution in [2.24, 2.45) is 5.92 Å². The Bertz CT molecular complexity index is 400. The lowest BCUT2D eigenvalue weighted by atomic mass is 9.98. The van der Waals surface area contributed by atoms with Crippen molar-refractivity contribution in [3.8, 4) is 0 Å². The van der Waals surface area contributed by atoms with Gasteiger partial charge in [0, 0.05) is 6.92 Å². The molecule has 0 fully saturated rings. The van der Waals surface area contributed by atoms with Crippen LogP contribution in [0.4, 0.5) is 0 Å². The van der Waals surface area contributed by atoms with E-state index < -0.39 is 0 Å². The van der Waals surface area contributed by atoms with Crippen molar-refractivity contribution in [3.05, 3.63) is 33.1 Å². The van der Waals surface area contributed by atoms with Gasteiger partial charge in [-0.2, -0.15) is 0 Å². The maximum atomic E-state index is 5.17. The van der Waals surface area contributed by atoms with Gasteiger partial charge in [-0.1, -0.05) is 18.6 Å². The Hall–Kier alpha value is -0.580. The Morgan fingerprint density at radius 1 is 1.56 bits per heavy atom. The first-order valence-electron chi connectivity index (χ1n) is 5.41. The van der Waals surface area contributed by atoms with E-state index in [0.717, 1.165) is 18.0 Å². The van der Waals surface area contributed by atoms with E-state index in [1.54, 1.807) is 6.26 Å². The molecule has 0 aliphatic rings. The highest BCUT2D eigenvalue weighted by Crippen LogP contribution is 2.19. The number of hydrogen-bond acceptors (Lipinski definition) is 2. The molecular formula is C13H18INO. The molecule has 1 aromatic rings. The summed E-state index contributed by atoms with van der Waals surface area (Å²) in [7, 11) is 0. The van der Waals surface area contributed by atoms with E-state index in [9.17, 15) is 0 Å². The lowest BCUT2D eigenvalue weighted by Gasteiger charge is -2.08. The average molecular weight is 331 g/mol. The maximum absolute atomic E-state index is 5.17. The molecule has 0 aliphatic heterocycles. The first kappa shape index (κ1) is 13.5. The Balaban J connectivity index is 2.66. The highest BCUT2D eigenvalue weighted by Gasteiger charge is 2.04. The van der Waals surface area contributed by atoms with Crippen LogP contribution in [0, 0.1) is 12.8 Å². The van der Waals surface area contributed by atoms with Crippen LogP contribution in [0.25, 0.3) is 6.08 Å². The van der Waals surface area contributed by atoms with E-state index in [0.29, 0.717) is 5.92 Å². The Labute approximate surface area is 111 Å². The number of hydrogen-bond donors (Lipinski definition) is 0. The summed E-state index contributed by atoms with van der Waals surface area (Å²) >= 11 is 2.34. The summed E-state index contributed by atoms with van der Waals surface area (Å²) < 4.78 is 6.52. The van der Waals surface area contributed by atoms with Crippen LogP contribution < -0.4 is 0 Å². The van der Waals surface area contributed by atoms with Crippen LogP contribution in [0.1, 0.15) is 38.8 Å². The van der Waals surface area contributed by atoms with Gasteiger partial charge in [0.05, 0.1) is 0 Å². The monoisotopic (exact) mass is 331 g/mol. The topological polar surface area (TPSA) is 26.0 Å². The van der Waals surface area contributed by atoms with Gasteiger partial charge < -0.3 is 4.42 Å². The van der Waals surface area contributed by atoms with Crippen LogP contribution in [-0.2, 0) is 0 Å². The predicted octanol–water partition coefficient (Wildman–Crippen LogP) is 4.75. The standard InChI is InChI=1S/C13H18INO/c1-9(5-6-11(3)14)10(2)7-13-8-16-12(4)15-13/h6-9H,5H2,1-4H3/b10-7+,11-6-/t9-/m0/s1. The zero-order valence-electron chi connectivity index (χ0n) is 10.2. The molecule has 2 nitrogen and oxygen atoms in total. The van der Waals surface area contributed by atoms with E-state index in [2.05, 4.69) is 60.5 Å². The van der Waals surface area contributed by atoms with Gasteiger partial charge in [-0.25, -0.2) is 4.98 Å². The van der Waals surface area contributed by atoms with Crippen LogP contribution in [0.2, 0.25) is 0 Å². The molecule has 0 spiro atoms. The lowest BCUT2D eigenvalue weighted by molar-refractivity contribution is 0.521. The number of rotatable bonds is 4. The summed E-state index contributed by atoms with van der Waals surface area (Å²) in [6.07, 6.45) is 7.13. The molecule has 1 rings (SSSR count). The molecule has 0 aromatic carbocycles. The molecule has 1 atom stereocenters. The second-order valence-corrected chi connectivity index (χ2v) is 5.81. The molecule has 1 aromatic heterocycles. The van der Waals surface area contributed by atoms with Crippen LogP contribution in [0.15, 0.2) is 25.9 Å². The Morgan fingerprint density at radius 2 is 2.25 bits per heavy atom. The zero-order valence-corrected chi connectivity index (χ0v) is 12.4. The zero-order chi connectivity index (χ0) is 12.1. The van der Waals surface area contributed by atoms with Crippen molar-refractivity contribution in [1.82, 2.24) is 4.98 Å². The fourth-order valence-corrected chi connectivity index (χ4v) is 1.60. The van der Waals surface area contributed by atoms with Crippen LogP contribution in [0.3, 0.4) is 0 Å². The van der Waals surface area contributed by atoms with E-state index in [1.807, 2.05) is 6.92 Å². The summed E-state index contributed by atoms with van der Waals surface area (Å²) in [6, 6.07) is 0. The molecule has 3 heteroatoms. The molecule has 0 bridgehead atoms. The molecule has 0 radical (unpaired) electrons. The smallest absolute Gasteiger partial charge is 0.191 e. The van der Waals surface area contributed by atoms with Gasteiger partial charge in [0.2, 0.25) is 0 Å². The third-order valence-electron chi connectivity index (χ3n) is 2.54. The second kappa shape index (κ2) is 6.23. The minimum absolute atomic E-state index is 0.543. The van der Waals surface area contributed by atoms with E-state index in [1.165, 1.54) is 9.15 Å². The van der Waals surface area contributed by atoms with Crippen LogP contribution in [0.5, 0.6) is 0 Å². The lowest BCUT2D eigenvalue weighted by Crippen LogP contribution is -1.94. The highest BCUT2D eigenvalue weighted by molar-refractivity contribution is 14.1.